The van der Waals surface area contributed by atoms with Crippen LogP contribution in [0.15, 0.2) is 48.5 Å². The molecule has 25 heavy (non-hydrogen) atoms. The van der Waals surface area contributed by atoms with Crippen molar-refractivity contribution >= 4 is 23.5 Å². The van der Waals surface area contributed by atoms with Crippen molar-refractivity contribution in [3.63, 3.8) is 0 Å². The van der Waals surface area contributed by atoms with E-state index in [4.69, 9.17) is 0 Å². The van der Waals surface area contributed by atoms with Crippen LogP contribution in [0.2, 0.25) is 0 Å². The summed E-state index contributed by atoms with van der Waals surface area (Å²) in [5.41, 5.74) is 4.53. The quantitative estimate of drug-likeness (QED) is 0.742. The maximum Gasteiger partial charge on any atom is 0.232 e. The molecule has 130 valence electrons. The van der Waals surface area contributed by atoms with Gasteiger partial charge in [0, 0.05) is 18.7 Å². The Morgan fingerprint density at radius 1 is 1.00 bits per heavy atom. The third kappa shape index (κ3) is 4.51. The molecule has 1 aliphatic heterocycles. The van der Waals surface area contributed by atoms with Gasteiger partial charge in [0.2, 0.25) is 5.91 Å². The van der Waals surface area contributed by atoms with Gasteiger partial charge in [-0.25, -0.2) is 0 Å². The lowest BCUT2D eigenvalue weighted by Crippen LogP contribution is -2.37. The third-order valence-electron chi connectivity index (χ3n) is 4.63. The highest BCUT2D eigenvalue weighted by atomic mass is 32.2. The van der Waals surface area contributed by atoms with E-state index in [2.05, 4.69) is 19.1 Å². The van der Waals surface area contributed by atoms with Crippen LogP contribution in [0, 0.1) is 0 Å². The minimum atomic E-state index is 0.0874. The lowest BCUT2D eigenvalue weighted by molar-refractivity contribution is -0.129. The molecule has 0 saturated heterocycles. The van der Waals surface area contributed by atoms with Crippen LogP contribution in [0.1, 0.15) is 34.0 Å². The van der Waals surface area contributed by atoms with Crippen molar-refractivity contribution in [1.29, 1.82) is 0 Å². The molecule has 0 fully saturated rings. The van der Waals surface area contributed by atoms with Gasteiger partial charge in [-0.3, -0.25) is 9.59 Å². The lowest BCUT2D eigenvalue weighted by Gasteiger charge is -2.28. The Hall–Kier alpha value is -2.07. The Balaban J connectivity index is 1.47. The number of Topliss-reactive ketones (excluding diaryl/α,β-unsaturated/α-hetero) is 1. The fourth-order valence-corrected chi connectivity index (χ4v) is 3.85. The van der Waals surface area contributed by atoms with Crippen molar-refractivity contribution in [1.82, 2.24) is 4.90 Å². The molecule has 0 unspecified atom stereocenters. The van der Waals surface area contributed by atoms with Crippen LogP contribution in [0.4, 0.5) is 0 Å². The summed E-state index contributed by atoms with van der Waals surface area (Å²) in [6.45, 7) is 3.54. The Morgan fingerprint density at radius 3 is 2.44 bits per heavy atom. The minimum absolute atomic E-state index is 0.0874. The number of rotatable bonds is 6. The number of carbonyl (C=O) groups excluding carboxylic acids is 2. The van der Waals surface area contributed by atoms with Gasteiger partial charge in [-0.05, 0) is 29.5 Å². The Morgan fingerprint density at radius 2 is 1.72 bits per heavy atom. The van der Waals surface area contributed by atoms with Crippen LogP contribution >= 0.6 is 11.8 Å². The highest BCUT2D eigenvalue weighted by molar-refractivity contribution is 8.00. The summed E-state index contributed by atoms with van der Waals surface area (Å²) in [4.78, 5) is 26.5. The number of hydrogen-bond acceptors (Lipinski definition) is 3. The molecule has 0 N–H and O–H groups in total. The summed E-state index contributed by atoms with van der Waals surface area (Å²) in [7, 11) is 0. The van der Waals surface area contributed by atoms with Gasteiger partial charge in [0.25, 0.3) is 0 Å². The molecule has 0 spiro atoms. The van der Waals surface area contributed by atoms with Crippen molar-refractivity contribution in [2.24, 2.45) is 0 Å². The van der Waals surface area contributed by atoms with Gasteiger partial charge in [-0.2, -0.15) is 0 Å². The summed E-state index contributed by atoms with van der Waals surface area (Å²) in [5.74, 6) is 0.917. The van der Waals surface area contributed by atoms with Crippen LogP contribution in [-0.4, -0.2) is 34.6 Å². The first kappa shape index (κ1) is 17.7. The second-order valence-corrected chi connectivity index (χ2v) is 7.29. The van der Waals surface area contributed by atoms with Gasteiger partial charge in [-0.1, -0.05) is 55.5 Å². The second-order valence-electron chi connectivity index (χ2n) is 6.30. The predicted octanol–water partition coefficient (Wildman–Crippen LogP) is 3.75. The number of hydrogen-bond donors (Lipinski definition) is 0. The smallest absolute Gasteiger partial charge is 0.232 e. The molecule has 0 atom stereocenters. The fraction of sp³-hybridized carbons (Fsp3) is 0.333. The molecular weight excluding hydrogens is 330 g/mol. The maximum atomic E-state index is 12.4. The van der Waals surface area contributed by atoms with Gasteiger partial charge in [-0.15, -0.1) is 11.8 Å². The third-order valence-corrected chi connectivity index (χ3v) is 5.54. The van der Waals surface area contributed by atoms with E-state index in [1.165, 1.54) is 28.5 Å². The first-order valence-corrected chi connectivity index (χ1v) is 9.87. The normalized spacial score (nSPS) is 13.4. The number of thioether (sulfide) groups is 1. The van der Waals surface area contributed by atoms with E-state index in [0.29, 0.717) is 18.1 Å². The first-order chi connectivity index (χ1) is 12.2. The lowest BCUT2D eigenvalue weighted by atomic mass is 10.00. The number of ketones is 1. The molecule has 0 bridgehead atoms. The van der Waals surface area contributed by atoms with E-state index in [9.17, 15) is 9.59 Å². The molecule has 3 rings (SSSR count). The van der Waals surface area contributed by atoms with E-state index >= 15 is 0 Å². The van der Waals surface area contributed by atoms with E-state index in [0.717, 1.165) is 24.9 Å². The molecule has 0 saturated carbocycles. The van der Waals surface area contributed by atoms with Gasteiger partial charge < -0.3 is 4.90 Å². The predicted molar refractivity (Wildman–Crippen MR) is 103 cm³/mol. The maximum absolute atomic E-state index is 12.4. The van der Waals surface area contributed by atoms with Gasteiger partial charge in [0.1, 0.15) is 0 Å². The van der Waals surface area contributed by atoms with Crippen LogP contribution in [0.25, 0.3) is 0 Å². The molecule has 2 aromatic rings. The average molecular weight is 353 g/mol. The molecule has 4 heteroatoms. The molecule has 3 nitrogen and oxygen atoms in total. The molecule has 0 aliphatic carbocycles. The molecule has 2 aromatic carbocycles. The zero-order chi connectivity index (χ0) is 17.6. The van der Waals surface area contributed by atoms with Crippen molar-refractivity contribution in [3.05, 3.63) is 70.8 Å². The van der Waals surface area contributed by atoms with Crippen LogP contribution < -0.4 is 0 Å². The topological polar surface area (TPSA) is 37.4 Å². The summed E-state index contributed by atoms with van der Waals surface area (Å²) < 4.78 is 0. The number of fused-ring (bicyclic) bond motifs is 1. The van der Waals surface area contributed by atoms with Crippen LogP contribution in [0.3, 0.4) is 0 Å². The van der Waals surface area contributed by atoms with Crippen LogP contribution in [0.5, 0.6) is 0 Å². The van der Waals surface area contributed by atoms with E-state index in [1.807, 2.05) is 41.3 Å². The van der Waals surface area contributed by atoms with E-state index in [1.54, 1.807) is 0 Å². The Bertz CT molecular complexity index is 755. The minimum Gasteiger partial charge on any atom is -0.337 e. The summed E-state index contributed by atoms with van der Waals surface area (Å²) >= 11 is 1.41. The van der Waals surface area contributed by atoms with Gasteiger partial charge in [0.15, 0.2) is 5.78 Å². The zero-order valence-corrected chi connectivity index (χ0v) is 15.3. The largest absolute Gasteiger partial charge is 0.337 e. The summed E-state index contributed by atoms with van der Waals surface area (Å²) in [5, 5.41) is 0. The molecule has 0 aromatic heterocycles. The molecule has 0 radical (unpaired) electrons. The average Bonchev–Trinajstić information content (AvgIpc) is 2.67. The number of aryl methyl sites for hydroxylation is 1. The summed E-state index contributed by atoms with van der Waals surface area (Å²) in [6, 6.07) is 16.0. The molecule has 1 heterocycles. The van der Waals surface area contributed by atoms with Gasteiger partial charge >= 0.3 is 0 Å². The first-order valence-electron chi connectivity index (χ1n) is 8.72. The highest BCUT2D eigenvalue weighted by Crippen LogP contribution is 2.19. The standard InChI is InChI=1S/C21H23NO2S/c1-2-16-7-9-18(10-8-16)20(23)14-25-15-21(24)22-12-11-17-5-3-4-6-19(17)13-22/h3-10H,2,11-15H2,1H3. The Labute approximate surface area is 153 Å². The molecular formula is C21H23NO2S. The van der Waals surface area contributed by atoms with Crippen molar-refractivity contribution in [2.45, 2.75) is 26.3 Å². The Kier molecular flexibility index (Phi) is 5.92. The van der Waals surface area contributed by atoms with Crippen molar-refractivity contribution in [2.75, 3.05) is 18.1 Å². The fourth-order valence-electron chi connectivity index (χ4n) is 3.04. The second kappa shape index (κ2) is 8.34. The zero-order valence-electron chi connectivity index (χ0n) is 14.5. The van der Waals surface area contributed by atoms with E-state index < -0.39 is 0 Å². The van der Waals surface area contributed by atoms with Crippen molar-refractivity contribution < 1.29 is 9.59 Å². The number of benzene rings is 2. The number of nitrogens with zero attached hydrogens (tertiary/aromatic N) is 1. The SMILES string of the molecule is CCc1ccc(C(=O)CSCC(=O)N2CCc3ccccc3C2)cc1. The monoisotopic (exact) mass is 353 g/mol. The van der Waals surface area contributed by atoms with Crippen LogP contribution in [-0.2, 0) is 24.2 Å². The molecule has 1 amide bonds. The van der Waals surface area contributed by atoms with Crippen molar-refractivity contribution in [3.8, 4) is 0 Å². The van der Waals surface area contributed by atoms with E-state index in [-0.39, 0.29) is 11.7 Å². The van der Waals surface area contributed by atoms with Gasteiger partial charge in [0.05, 0.1) is 11.5 Å². The number of carbonyl (C=O) groups is 2. The number of amides is 1. The summed E-state index contributed by atoms with van der Waals surface area (Å²) in [6.07, 6.45) is 1.88. The highest BCUT2D eigenvalue weighted by Gasteiger charge is 2.20. The molecule has 1 aliphatic rings.